The van der Waals surface area contributed by atoms with Crippen LogP contribution in [0.2, 0.25) is 0 Å². The summed E-state index contributed by atoms with van der Waals surface area (Å²) >= 11 is 0. The van der Waals surface area contributed by atoms with Gasteiger partial charge < -0.3 is 34.9 Å². The first-order valence-electron chi connectivity index (χ1n) is 16.1. The van der Waals surface area contributed by atoms with E-state index in [1.165, 1.54) is 18.2 Å². The Morgan fingerprint density at radius 2 is 1.88 bits per heavy atom. The number of nitrogens with zero attached hydrogens (tertiary/aromatic N) is 1. The summed E-state index contributed by atoms with van der Waals surface area (Å²) in [5, 5.41) is 44.3. The molecule has 3 fully saturated rings. The van der Waals surface area contributed by atoms with E-state index in [0.717, 1.165) is 0 Å². The number of allylic oxidation sites excluding steroid dienone is 4. The van der Waals surface area contributed by atoms with Crippen LogP contribution in [0.5, 0.6) is 0 Å². The minimum absolute atomic E-state index is 0.0930. The summed E-state index contributed by atoms with van der Waals surface area (Å²) in [6, 6.07) is -1.63. The van der Waals surface area contributed by atoms with E-state index in [0.29, 0.717) is 37.7 Å². The molecule has 0 aromatic carbocycles. The summed E-state index contributed by atoms with van der Waals surface area (Å²) in [5.74, 6) is -5.27. The number of hydrogen-bond acceptors (Lipinski definition) is 12. The molecule has 4 aliphatic carbocycles. The van der Waals surface area contributed by atoms with Crippen LogP contribution in [0.4, 0.5) is 9.18 Å². The maximum atomic E-state index is 17.3. The zero-order valence-corrected chi connectivity index (χ0v) is 27.1. The molecule has 4 aliphatic rings. The molecule has 0 bridgehead atoms. The van der Waals surface area contributed by atoms with E-state index in [1.54, 1.807) is 20.8 Å². The number of carbonyl (C=O) groups excluding carboxylic acids is 4. The number of ketones is 2. The topological polar surface area (TPSA) is 229 Å². The molecule has 1 unspecified atom stereocenters. The highest BCUT2D eigenvalue weighted by atomic mass is 19.1. The van der Waals surface area contributed by atoms with Gasteiger partial charge in [0.1, 0.15) is 12.2 Å². The summed E-state index contributed by atoms with van der Waals surface area (Å²) in [6.45, 7) is 3.03. The number of Topliss-reactive ketones (excluding diaryl/α,β-unsaturated/α-hetero) is 1. The summed E-state index contributed by atoms with van der Waals surface area (Å²) < 4.78 is 27.1. The summed E-state index contributed by atoms with van der Waals surface area (Å²) in [6.07, 6.45) is 2.86. The van der Waals surface area contributed by atoms with Gasteiger partial charge in [-0.15, -0.1) is 10.1 Å². The van der Waals surface area contributed by atoms with Crippen LogP contribution in [0.3, 0.4) is 0 Å². The fraction of sp³-hybridized carbons (Fsp3) is 0.719. The molecule has 3 saturated carbocycles. The van der Waals surface area contributed by atoms with Gasteiger partial charge in [0.05, 0.1) is 12.7 Å². The van der Waals surface area contributed by atoms with Gasteiger partial charge in [0.2, 0.25) is 11.7 Å². The molecular formula is C32H43FN2O13. The van der Waals surface area contributed by atoms with Gasteiger partial charge >= 0.3 is 12.1 Å². The van der Waals surface area contributed by atoms with Crippen LogP contribution >= 0.6 is 0 Å². The molecule has 9 atom stereocenters. The summed E-state index contributed by atoms with van der Waals surface area (Å²) in [7, 11) is 0. The Morgan fingerprint density at radius 1 is 1.17 bits per heavy atom. The molecule has 15 nitrogen and oxygen atoms in total. The highest BCUT2D eigenvalue weighted by Crippen LogP contribution is 2.70. The van der Waals surface area contributed by atoms with E-state index < -0.39 is 94.1 Å². The first kappa shape index (κ1) is 36.9. The van der Waals surface area contributed by atoms with Gasteiger partial charge in [0, 0.05) is 23.2 Å². The van der Waals surface area contributed by atoms with Crippen molar-refractivity contribution in [3.8, 4) is 0 Å². The van der Waals surface area contributed by atoms with Crippen LogP contribution in [-0.4, -0.2) is 93.2 Å². The van der Waals surface area contributed by atoms with Crippen molar-refractivity contribution >= 4 is 29.6 Å². The number of nitrogens with one attached hydrogen (secondary N) is 1. The Labute approximate surface area is 276 Å². The number of amides is 1. The van der Waals surface area contributed by atoms with E-state index >= 15 is 4.39 Å². The lowest BCUT2D eigenvalue weighted by Crippen LogP contribution is -2.69. The average Bonchev–Trinajstić information content (AvgIpc) is 3.21. The zero-order chi connectivity index (χ0) is 35.7. The second-order valence-corrected chi connectivity index (χ2v) is 13.8. The third-order valence-corrected chi connectivity index (χ3v) is 11.2. The number of alkyl halides is 1. The zero-order valence-electron chi connectivity index (χ0n) is 27.1. The van der Waals surface area contributed by atoms with Crippen LogP contribution in [0.15, 0.2) is 23.8 Å². The number of unbranched alkanes of at least 4 members (excludes halogenated alkanes) is 2. The number of ether oxygens (including phenoxy) is 2. The van der Waals surface area contributed by atoms with Gasteiger partial charge in [-0.25, -0.2) is 14.0 Å². The number of fused-ring (bicyclic) bond motifs is 5. The van der Waals surface area contributed by atoms with E-state index in [1.807, 2.05) is 0 Å². The number of carboxylic acids is 1. The van der Waals surface area contributed by atoms with E-state index in [-0.39, 0.29) is 31.7 Å². The largest absolute Gasteiger partial charge is 0.508 e. The lowest BCUT2D eigenvalue weighted by atomic mass is 9.44. The van der Waals surface area contributed by atoms with Crippen LogP contribution < -0.4 is 5.32 Å². The highest BCUT2D eigenvalue weighted by Gasteiger charge is 2.75. The summed E-state index contributed by atoms with van der Waals surface area (Å²) in [4.78, 5) is 76.0. The van der Waals surface area contributed by atoms with Gasteiger partial charge in [0.15, 0.2) is 24.1 Å². The van der Waals surface area contributed by atoms with Crippen molar-refractivity contribution in [3.05, 3.63) is 33.9 Å². The maximum Gasteiger partial charge on any atom is 0.508 e. The number of aliphatic carboxylic acids is 1. The van der Waals surface area contributed by atoms with Crippen LogP contribution in [-0.2, 0) is 33.5 Å². The number of rotatable bonds is 14. The first-order valence-corrected chi connectivity index (χ1v) is 16.1. The molecule has 0 radical (unpaired) electrons. The molecule has 16 heteroatoms. The van der Waals surface area contributed by atoms with Gasteiger partial charge in [-0.2, -0.15) is 0 Å². The van der Waals surface area contributed by atoms with Crippen molar-refractivity contribution in [1.82, 2.24) is 5.32 Å². The minimum Gasteiger partial charge on any atom is -0.480 e. The van der Waals surface area contributed by atoms with Crippen molar-refractivity contribution in [2.24, 2.45) is 28.6 Å². The third-order valence-electron chi connectivity index (χ3n) is 11.2. The third kappa shape index (κ3) is 6.43. The first-order chi connectivity index (χ1) is 22.4. The quantitative estimate of drug-likeness (QED) is 0.0894. The molecule has 0 aliphatic heterocycles. The molecule has 0 aromatic rings. The minimum atomic E-state index is -2.16. The Balaban J connectivity index is 1.34. The van der Waals surface area contributed by atoms with Crippen molar-refractivity contribution < 1.29 is 63.1 Å². The molecule has 0 heterocycles. The standard InChI is InChI=1S/C32H43FN2O13/c1-18-13-22-21-9-8-19-14-20(36)10-11-29(19,2)31(21,33)24(37)15-30(22,3)32(18,43)25(38)17-47-28(42)46-16-23(27(40)41)34-26(39)7-5-4-6-12-48-35(44)45/h10-11,14,18,21-24,37,43H,4-9,12-13,15-17H2,1-3H3,(H,34,39)(H,40,41)/t18-,21+,22+,23?,24+,29+,30+,31+,32+/m1/s1. The lowest BCUT2D eigenvalue weighted by Gasteiger charge is -2.62. The molecule has 0 spiro atoms. The second-order valence-electron chi connectivity index (χ2n) is 13.8. The monoisotopic (exact) mass is 682 g/mol. The second kappa shape index (κ2) is 13.9. The number of halogens is 1. The van der Waals surface area contributed by atoms with Gasteiger partial charge in [-0.3, -0.25) is 14.4 Å². The molecule has 0 aromatic heterocycles. The number of carboxylic acid groups (broad SMARTS) is 1. The van der Waals surface area contributed by atoms with Gasteiger partial charge in [-0.05, 0) is 69.4 Å². The van der Waals surface area contributed by atoms with Crippen LogP contribution in [0, 0.1) is 38.7 Å². The van der Waals surface area contributed by atoms with Crippen molar-refractivity contribution in [1.29, 1.82) is 0 Å². The van der Waals surface area contributed by atoms with Crippen LogP contribution in [0.1, 0.15) is 72.1 Å². The van der Waals surface area contributed by atoms with Crippen molar-refractivity contribution in [2.45, 2.75) is 95.6 Å². The summed E-state index contributed by atoms with van der Waals surface area (Å²) in [5.41, 5.74) is -6.20. The highest BCUT2D eigenvalue weighted by molar-refractivity contribution is 6.01. The molecule has 4 N–H and O–H groups in total. The van der Waals surface area contributed by atoms with Crippen LogP contribution in [0.25, 0.3) is 0 Å². The Hall–Kier alpha value is -3.92. The molecular weight excluding hydrogens is 639 g/mol. The SMILES string of the molecule is C[C@@H]1C[C@H]2[C@@H]3CCC4=CC(=O)C=C[C@]4(C)[C@@]3(F)[C@@H](O)C[C@]2(C)[C@@]1(O)C(=O)COC(=O)OCC(NC(=O)CCCCCO[N+](=O)[O-])C(=O)O. The fourth-order valence-electron chi connectivity index (χ4n) is 8.71. The smallest absolute Gasteiger partial charge is 0.480 e. The molecule has 1 amide bonds. The Morgan fingerprint density at radius 3 is 2.54 bits per heavy atom. The molecule has 48 heavy (non-hydrogen) atoms. The number of hydrogen-bond donors (Lipinski definition) is 4. The van der Waals surface area contributed by atoms with E-state index in [2.05, 4.69) is 10.2 Å². The predicted molar refractivity (Wildman–Crippen MR) is 161 cm³/mol. The van der Waals surface area contributed by atoms with E-state index in [9.17, 15) is 49.4 Å². The number of aliphatic hydroxyl groups is 2. The van der Waals surface area contributed by atoms with E-state index in [4.69, 9.17) is 9.47 Å². The molecule has 4 rings (SSSR count). The van der Waals surface area contributed by atoms with Crippen molar-refractivity contribution in [2.75, 3.05) is 19.8 Å². The normalized spacial score (nSPS) is 35.6. The predicted octanol–water partition coefficient (Wildman–Crippen LogP) is 2.39. The molecule has 266 valence electrons. The fourth-order valence-corrected chi connectivity index (χ4v) is 8.71. The molecule has 0 saturated heterocycles. The average molecular weight is 683 g/mol. The Kier molecular flexibility index (Phi) is 10.7. The maximum absolute atomic E-state index is 17.3. The number of carbonyl (C=O) groups is 5. The lowest BCUT2D eigenvalue weighted by molar-refractivity contribution is -0.757. The number of aliphatic hydroxyl groups excluding tert-OH is 1. The van der Waals surface area contributed by atoms with Gasteiger partial charge in [-0.1, -0.05) is 31.9 Å². The van der Waals surface area contributed by atoms with Gasteiger partial charge in [0.25, 0.3) is 5.09 Å². The van der Waals surface area contributed by atoms with Crippen molar-refractivity contribution in [3.63, 3.8) is 0 Å². The Bertz CT molecular complexity index is 1400.